The van der Waals surface area contributed by atoms with E-state index < -0.39 is 5.91 Å². The van der Waals surface area contributed by atoms with Gasteiger partial charge in [-0.3, -0.25) is 14.4 Å². The third kappa shape index (κ3) is 6.39. The van der Waals surface area contributed by atoms with Crippen LogP contribution >= 0.6 is 0 Å². The van der Waals surface area contributed by atoms with Crippen LogP contribution in [0.2, 0.25) is 0 Å². The Labute approximate surface area is 123 Å². The van der Waals surface area contributed by atoms with Gasteiger partial charge in [-0.15, -0.1) is 0 Å². The summed E-state index contributed by atoms with van der Waals surface area (Å²) in [5, 5.41) is 0. The highest BCUT2D eigenvalue weighted by Gasteiger charge is 2.09. The molecule has 1 amide bonds. The number of esters is 1. The summed E-state index contributed by atoms with van der Waals surface area (Å²) in [6.45, 7) is 2.03. The van der Waals surface area contributed by atoms with E-state index in [0.29, 0.717) is 17.7 Å². The zero-order valence-electron chi connectivity index (χ0n) is 11.8. The Morgan fingerprint density at radius 3 is 2.38 bits per heavy atom. The number of amides is 1. The molecule has 0 radical (unpaired) electrons. The average molecular weight is 287 g/mol. The van der Waals surface area contributed by atoms with Crippen LogP contribution < -0.4 is 5.73 Å². The van der Waals surface area contributed by atoms with Crippen molar-refractivity contribution >= 4 is 17.7 Å². The minimum atomic E-state index is -0.478. The maximum atomic E-state index is 11.9. The van der Waals surface area contributed by atoms with Crippen molar-refractivity contribution in [2.75, 3.05) is 6.61 Å². The van der Waals surface area contributed by atoms with Crippen LogP contribution in [0.4, 0.5) is 0 Å². The molecule has 1 rings (SSSR count). The summed E-state index contributed by atoms with van der Waals surface area (Å²) in [7, 11) is 0. The molecule has 0 bridgehead atoms. The summed E-state index contributed by atoms with van der Waals surface area (Å²) in [5.74, 6) is 4.43. The lowest BCUT2D eigenvalue weighted by atomic mass is 10.0. The zero-order chi connectivity index (χ0) is 15.7. The van der Waals surface area contributed by atoms with Gasteiger partial charge in [-0.05, 0) is 19.1 Å². The Morgan fingerprint density at radius 2 is 1.81 bits per heavy atom. The van der Waals surface area contributed by atoms with Crippen molar-refractivity contribution in [2.45, 2.75) is 26.2 Å². The van der Waals surface area contributed by atoms with Gasteiger partial charge >= 0.3 is 5.97 Å². The normalized spacial score (nSPS) is 9.38. The van der Waals surface area contributed by atoms with Crippen molar-refractivity contribution in [1.29, 1.82) is 0 Å². The second-order valence-electron chi connectivity index (χ2n) is 4.25. The van der Waals surface area contributed by atoms with E-state index >= 15 is 0 Å². The second-order valence-corrected chi connectivity index (χ2v) is 4.25. The smallest absolute Gasteiger partial charge is 0.306 e. The van der Waals surface area contributed by atoms with E-state index in [4.69, 9.17) is 10.5 Å². The molecule has 2 N–H and O–H groups in total. The minimum Gasteiger partial charge on any atom is -0.466 e. The van der Waals surface area contributed by atoms with Gasteiger partial charge in [0.05, 0.1) is 19.4 Å². The summed E-state index contributed by atoms with van der Waals surface area (Å²) in [6.07, 6.45) is 0.193. The van der Waals surface area contributed by atoms with Gasteiger partial charge < -0.3 is 10.5 Å². The van der Waals surface area contributed by atoms with E-state index in [1.807, 2.05) is 0 Å². The molecule has 0 saturated heterocycles. The molecule has 5 heteroatoms. The lowest BCUT2D eigenvalue weighted by Gasteiger charge is -2.02. The van der Waals surface area contributed by atoms with Crippen molar-refractivity contribution < 1.29 is 19.1 Å². The zero-order valence-corrected chi connectivity index (χ0v) is 11.8. The van der Waals surface area contributed by atoms with E-state index in [9.17, 15) is 14.4 Å². The number of hydrogen-bond donors (Lipinski definition) is 1. The molecular formula is C16H17NO4. The van der Waals surface area contributed by atoms with Gasteiger partial charge in [0, 0.05) is 17.5 Å². The van der Waals surface area contributed by atoms with Crippen LogP contribution in [-0.2, 0) is 14.3 Å². The Hall–Kier alpha value is -2.61. The van der Waals surface area contributed by atoms with Gasteiger partial charge in [0.25, 0.3) is 0 Å². The van der Waals surface area contributed by atoms with Crippen molar-refractivity contribution in [2.24, 2.45) is 5.73 Å². The molecule has 0 heterocycles. The number of carbonyl (C=O) groups excluding carboxylic acids is 3. The van der Waals surface area contributed by atoms with Crippen molar-refractivity contribution in [1.82, 2.24) is 0 Å². The first-order valence-electron chi connectivity index (χ1n) is 6.59. The quantitative estimate of drug-likeness (QED) is 0.487. The van der Waals surface area contributed by atoms with Crippen LogP contribution in [0.25, 0.3) is 0 Å². The lowest BCUT2D eigenvalue weighted by molar-refractivity contribution is -0.143. The molecule has 1 aromatic carbocycles. The highest BCUT2D eigenvalue weighted by atomic mass is 16.5. The first kappa shape index (κ1) is 16.4. The monoisotopic (exact) mass is 287 g/mol. The van der Waals surface area contributed by atoms with Crippen LogP contribution in [0.5, 0.6) is 0 Å². The van der Waals surface area contributed by atoms with Crippen LogP contribution in [0, 0.1) is 11.8 Å². The number of hydrogen-bond acceptors (Lipinski definition) is 4. The van der Waals surface area contributed by atoms with Gasteiger partial charge in [0.15, 0.2) is 5.78 Å². The summed E-state index contributed by atoms with van der Waals surface area (Å²) in [5.41, 5.74) is 6.18. The third-order valence-electron chi connectivity index (χ3n) is 2.56. The number of benzene rings is 1. The van der Waals surface area contributed by atoms with Crippen molar-refractivity contribution in [3.05, 3.63) is 35.4 Å². The predicted octanol–water partition coefficient (Wildman–Crippen LogP) is 1.44. The number of nitrogens with two attached hydrogens (primary N) is 1. The summed E-state index contributed by atoms with van der Waals surface area (Å²) in [4.78, 5) is 33.6. The lowest BCUT2D eigenvalue weighted by Crippen LogP contribution is -2.08. The van der Waals surface area contributed by atoms with Gasteiger partial charge in [-0.1, -0.05) is 24.0 Å². The molecule has 0 unspecified atom stereocenters. The standard InChI is InChI=1S/C16H17NO4/c1-2-21-16(20)11-10-14(18)13-8-6-12(7-9-13)4-3-5-15(17)19/h6-9H,2,5,10-11H2,1H3,(H2,17,19). The molecule has 0 spiro atoms. The molecule has 0 fully saturated rings. The predicted molar refractivity (Wildman–Crippen MR) is 77.3 cm³/mol. The highest BCUT2D eigenvalue weighted by molar-refractivity contribution is 5.97. The summed E-state index contributed by atoms with van der Waals surface area (Å²) in [6, 6.07) is 6.65. The summed E-state index contributed by atoms with van der Waals surface area (Å²) < 4.78 is 4.76. The molecule has 0 aliphatic carbocycles. The molecular weight excluding hydrogens is 270 g/mol. The Balaban J connectivity index is 2.56. The van der Waals surface area contributed by atoms with Gasteiger partial charge in [-0.25, -0.2) is 0 Å². The van der Waals surface area contributed by atoms with Crippen LogP contribution in [-0.4, -0.2) is 24.3 Å². The maximum Gasteiger partial charge on any atom is 0.306 e. The van der Waals surface area contributed by atoms with Crippen molar-refractivity contribution in [3.63, 3.8) is 0 Å². The Bertz CT molecular complexity index is 579. The Kier molecular flexibility index (Phi) is 6.69. The Morgan fingerprint density at radius 1 is 1.14 bits per heavy atom. The third-order valence-corrected chi connectivity index (χ3v) is 2.56. The number of rotatable bonds is 6. The number of Topliss-reactive ketones (excluding diaryl/α,β-unsaturated/α-hetero) is 1. The SMILES string of the molecule is CCOC(=O)CCC(=O)c1ccc(C#CCC(N)=O)cc1. The molecule has 0 aliphatic heterocycles. The largest absolute Gasteiger partial charge is 0.466 e. The fourth-order valence-corrected chi connectivity index (χ4v) is 1.57. The first-order valence-corrected chi connectivity index (χ1v) is 6.59. The molecule has 0 atom stereocenters. The highest BCUT2D eigenvalue weighted by Crippen LogP contribution is 2.08. The van der Waals surface area contributed by atoms with E-state index in [0.717, 1.165) is 0 Å². The first-order chi connectivity index (χ1) is 10.0. The molecule has 0 aromatic heterocycles. The van der Waals surface area contributed by atoms with E-state index in [2.05, 4.69) is 11.8 Å². The van der Waals surface area contributed by atoms with Crippen LogP contribution in [0.15, 0.2) is 24.3 Å². The van der Waals surface area contributed by atoms with E-state index in [1.165, 1.54) is 0 Å². The molecule has 5 nitrogen and oxygen atoms in total. The van der Waals surface area contributed by atoms with Crippen LogP contribution in [0.1, 0.15) is 42.1 Å². The second kappa shape index (κ2) is 8.54. The van der Waals surface area contributed by atoms with Gasteiger partial charge in [0.1, 0.15) is 0 Å². The van der Waals surface area contributed by atoms with E-state index in [-0.39, 0.29) is 31.0 Å². The molecule has 0 aliphatic rings. The topological polar surface area (TPSA) is 86.5 Å². The number of ether oxygens (including phenoxy) is 1. The summed E-state index contributed by atoms with van der Waals surface area (Å²) >= 11 is 0. The molecule has 110 valence electrons. The maximum absolute atomic E-state index is 11.9. The number of primary amides is 1. The van der Waals surface area contributed by atoms with Crippen molar-refractivity contribution in [3.8, 4) is 11.8 Å². The van der Waals surface area contributed by atoms with Gasteiger partial charge in [0.2, 0.25) is 5.91 Å². The fraction of sp³-hybridized carbons (Fsp3) is 0.312. The molecule has 0 saturated carbocycles. The molecule has 1 aromatic rings. The number of carbonyl (C=O) groups is 3. The number of ketones is 1. The molecule has 21 heavy (non-hydrogen) atoms. The van der Waals surface area contributed by atoms with Crippen LogP contribution in [0.3, 0.4) is 0 Å². The van der Waals surface area contributed by atoms with Gasteiger partial charge in [-0.2, -0.15) is 0 Å². The fourth-order valence-electron chi connectivity index (χ4n) is 1.57. The average Bonchev–Trinajstić information content (AvgIpc) is 2.45. The minimum absolute atomic E-state index is 0.000220. The van der Waals surface area contributed by atoms with E-state index in [1.54, 1.807) is 31.2 Å².